The van der Waals surface area contributed by atoms with E-state index >= 15 is 0 Å². The Kier molecular flexibility index (Phi) is 3.30. The quantitative estimate of drug-likeness (QED) is 0.809. The summed E-state index contributed by atoms with van der Waals surface area (Å²) in [6, 6.07) is 6.45. The van der Waals surface area contributed by atoms with E-state index in [4.69, 9.17) is 5.26 Å². The van der Waals surface area contributed by atoms with Crippen molar-refractivity contribution in [2.24, 2.45) is 0 Å². The molecule has 2 aromatic rings. The summed E-state index contributed by atoms with van der Waals surface area (Å²) in [4.78, 5) is 14.2. The zero-order valence-electron chi connectivity index (χ0n) is 12.0. The zero-order valence-corrected chi connectivity index (χ0v) is 12.0. The van der Waals surface area contributed by atoms with Gasteiger partial charge in [0.1, 0.15) is 11.6 Å². The number of rotatable bonds is 1. The molecule has 0 atom stereocenters. The van der Waals surface area contributed by atoms with Crippen LogP contribution >= 0.6 is 0 Å². The first-order valence-corrected chi connectivity index (χ1v) is 6.57. The molecule has 1 aliphatic heterocycles. The number of nitriles is 1. The predicted molar refractivity (Wildman–Crippen MR) is 73.1 cm³/mol. The molecule has 0 aliphatic carbocycles. The number of aromatic amines is 1. The highest BCUT2D eigenvalue weighted by Gasteiger charge is 2.65. The number of nitrogens with one attached hydrogen (secondary N) is 1. The lowest BCUT2D eigenvalue weighted by molar-refractivity contribution is -0.391. The Labute approximate surface area is 132 Å². The van der Waals surface area contributed by atoms with Gasteiger partial charge in [-0.2, -0.15) is 22.8 Å². The van der Waals surface area contributed by atoms with Crippen molar-refractivity contribution in [2.75, 3.05) is 0 Å². The summed E-state index contributed by atoms with van der Waals surface area (Å²) >= 11 is 0. The molecule has 124 valence electrons. The van der Waals surface area contributed by atoms with Crippen LogP contribution in [0.3, 0.4) is 0 Å². The molecule has 5 nitrogen and oxygen atoms in total. The van der Waals surface area contributed by atoms with Gasteiger partial charge in [-0.15, -0.1) is 0 Å². The fraction of sp³-hybridized carbons (Fsp3) is 0.200. The smallest absolute Gasteiger partial charge is 0.421 e. The Morgan fingerprint density at radius 2 is 1.71 bits per heavy atom. The van der Waals surface area contributed by atoms with Crippen molar-refractivity contribution in [1.29, 1.82) is 5.26 Å². The summed E-state index contributed by atoms with van der Waals surface area (Å²) in [7, 11) is 0. The van der Waals surface area contributed by atoms with Crippen LogP contribution in [0.5, 0.6) is 11.5 Å². The van der Waals surface area contributed by atoms with Crippen LogP contribution in [0.15, 0.2) is 29.1 Å². The van der Waals surface area contributed by atoms with Crippen molar-refractivity contribution in [1.82, 2.24) is 4.98 Å². The third kappa shape index (κ3) is 2.36. The second-order valence-corrected chi connectivity index (χ2v) is 5.08. The molecule has 0 unspecified atom stereocenters. The number of hydrogen-bond acceptors (Lipinski definition) is 4. The van der Waals surface area contributed by atoms with Gasteiger partial charge in [-0.1, -0.05) is 6.07 Å². The summed E-state index contributed by atoms with van der Waals surface area (Å²) in [6.07, 6.45) is -9.65. The number of fused-ring (bicyclic) bond motifs is 1. The molecule has 0 spiro atoms. The SMILES string of the molecule is Cc1cc(-c2ccc3c(c2)OC(F)(F)C(F)(F)O3)c(C#N)c(=O)[nH]1. The molecule has 0 saturated carbocycles. The molecule has 0 radical (unpaired) electrons. The number of hydrogen-bond donors (Lipinski definition) is 1. The predicted octanol–water partition coefficient (Wildman–Crippen LogP) is 3.18. The van der Waals surface area contributed by atoms with Crippen LogP contribution in [0.4, 0.5) is 17.6 Å². The number of halogens is 4. The fourth-order valence-electron chi connectivity index (χ4n) is 2.26. The van der Waals surface area contributed by atoms with Gasteiger partial charge in [-0.25, -0.2) is 0 Å². The summed E-state index contributed by atoms with van der Waals surface area (Å²) in [5.41, 5.74) is -0.135. The molecule has 1 N–H and O–H groups in total. The van der Waals surface area contributed by atoms with Crippen LogP contribution < -0.4 is 15.0 Å². The van der Waals surface area contributed by atoms with Crippen molar-refractivity contribution >= 4 is 0 Å². The number of ether oxygens (including phenoxy) is 2. The monoisotopic (exact) mass is 340 g/mol. The number of benzene rings is 1. The molecule has 2 heterocycles. The van der Waals surface area contributed by atoms with Crippen LogP contribution in [-0.2, 0) is 0 Å². The molecule has 0 fully saturated rings. The molecule has 1 aromatic heterocycles. The van der Waals surface area contributed by atoms with Crippen LogP contribution in [0.25, 0.3) is 11.1 Å². The lowest BCUT2D eigenvalue weighted by Crippen LogP contribution is -2.52. The van der Waals surface area contributed by atoms with Gasteiger partial charge in [0.05, 0.1) is 0 Å². The van der Waals surface area contributed by atoms with Crippen molar-refractivity contribution < 1.29 is 27.0 Å². The van der Waals surface area contributed by atoms with Gasteiger partial charge in [0.15, 0.2) is 11.5 Å². The minimum Gasteiger partial charge on any atom is -0.421 e. The normalized spacial score (nSPS) is 17.2. The van der Waals surface area contributed by atoms with E-state index < -0.39 is 29.3 Å². The highest BCUT2D eigenvalue weighted by atomic mass is 19.3. The first kappa shape index (κ1) is 15.9. The average molecular weight is 340 g/mol. The highest BCUT2D eigenvalue weighted by Crippen LogP contribution is 2.47. The van der Waals surface area contributed by atoms with Crippen LogP contribution in [0.2, 0.25) is 0 Å². The molecular weight excluding hydrogens is 332 g/mol. The Morgan fingerprint density at radius 3 is 2.33 bits per heavy atom. The second kappa shape index (κ2) is 4.99. The van der Waals surface area contributed by atoms with Crippen LogP contribution in [0.1, 0.15) is 11.3 Å². The molecule has 24 heavy (non-hydrogen) atoms. The van der Waals surface area contributed by atoms with E-state index in [2.05, 4.69) is 14.5 Å². The van der Waals surface area contributed by atoms with E-state index in [-0.39, 0.29) is 16.7 Å². The van der Waals surface area contributed by atoms with Crippen LogP contribution in [-0.4, -0.2) is 17.2 Å². The molecular formula is C15H8F4N2O3. The lowest BCUT2D eigenvalue weighted by Gasteiger charge is -2.32. The van der Waals surface area contributed by atoms with Crippen LogP contribution in [0, 0.1) is 18.3 Å². The van der Waals surface area contributed by atoms with E-state index in [1.807, 2.05) is 0 Å². The number of pyridine rings is 1. The van der Waals surface area contributed by atoms with E-state index in [1.165, 1.54) is 12.1 Å². The summed E-state index contributed by atoms with van der Waals surface area (Å²) in [5, 5.41) is 9.10. The maximum Gasteiger partial charge on any atom is 0.507 e. The number of H-pyrrole nitrogens is 1. The summed E-state index contributed by atoms with van der Waals surface area (Å²) in [5.74, 6) is -1.19. The van der Waals surface area contributed by atoms with Crippen molar-refractivity contribution in [3.05, 3.63) is 45.9 Å². The Morgan fingerprint density at radius 1 is 1.08 bits per heavy atom. The van der Waals surface area contributed by atoms with Gasteiger partial charge in [0.25, 0.3) is 5.56 Å². The van der Waals surface area contributed by atoms with Crippen molar-refractivity contribution in [3.8, 4) is 28.7 Å². The Bertz CT molecular complexity index is 931. The topological polar surface area (TPSA) is 75.1 Å². The van der Waals surface area contributed by atoms with E-state index in [0.29, 0.717) is 5.69 Å². The maximum atomic E-state index is 13.3. The molecule has 9 heteroatoms. The van der Waals surface area contributed by atoms with Gasteiger partial charge in [-0.3, -0.25) is 4.79 Å². The fourth-order valence-corrected chi connectivity index (χ4v) is 2.26. The van der Waals surface area contributed by atoms with E-state index in [0.717, 1.165) is 12.1 Å². The van der Waals surface area contributed by atoms with Crippen molar-refractivity contribution in [3.63, 3.8) is 0 Å². The molecule has 0 saturated heterocycles. The third-order valence-corrected chi connectivity index (χ3v) is 3.35. The van der Waals surface area contributed by atoms with E-state index in [9.17, 15) is 22.4 Å². The van der Waals surface area contributed by atoms with Crippen molar-refractivity contribution in [2.45, 2.75) is 19.1 Å². The average Bonchev–Trinajstić information content (AvgIpc) is 2.46. The number of alkyl halides is 4. The van der Waals surface area contributed by atoms with Gasteiger partial charge >= 0.3 is 12.2 Å². The largest absolute Gasteiger partial charge is 0.507 e. The first-order chi connectivity index (χ1) is 11.1. The molecule has 1 aliphatic rings. The van der Waals surface area contributed by atoms with Gasteiger partial charge in [0.2, 0.25) is 0 Å². The lowest BCUT2D eigenvalue weighted by atomic mass is 10.0. The number of nitrogens with zero attached hydrogens (tertiary/aromatic N) is 1. The maximum absolute atomic E-state index is 13.3. The standard InChI is InChI=1S/C15H8F4N2O3/c1-7-4-9(10(6-20)13(22)21-7)8-2-3-11-12(5-8)24-15(18,19)14(16,17)23-11/h2-5H,1H3,(H,21,22). The van der Waals surface area contributed by atoms with Gasteiger partial charge < -0.3 is 14.5 Å². The first-order valence-electron chi connectivity index (χ1n) is 6.57. The minimum atomic E-state index is -4.85. The summed E-state index contributed by atoms with van der Waals surface area (Å²) < 4.78 is 60.8. The summed E-state index contributed by atoms with van der Waals surface area (Å²) in [6.45, 7) is 1.57. The second-order valence-electron chi connectivity index (χ2n) is 5.08. The highest BCUT2D eigenvalue weighted by molar-refractivity contribution is 5.72. The van der Waals surface area contributed by atoms with Gasteiger partial charge in [-0.05, 0) is 30.7 Å². The van der Waals surface area contributed by atoms with E-state index in [1.54, 1.807) is 13.0 Å². The van der Waals surface area contributed by atoms with Gasteiger partial charge in [0, 0.05) is 11.3 Å². The third-order valence-electron chi connectivity index (χ3n) is 3.35. The molecule has 1 aromatic carbocycles. The molecule has 0 bridgehead atoms. The molecule has 0 amide bonds. The minimum absolute atomic E-state index is 0.158. The number of aromatic nitrogens is 1. The Balaban J connectivity index is 2.16. The molecule has 3 rings (SSSR count). The number of aryl methyl sites for hydroxylation is 1. The zero-order chi connectivity index (χ0) is 17.7. The Hall–Kier alpha value is -3.02.